The maximum atomic E-state index is 12.6. The SMILES string of the molecule is O=C(CCCn1c(=O)oc2cc([N+](=O)[O-])ccc21)NCC(c1ccc(Cl)cc1)N1CCOCC1. The summed E-state index contributed by atoms with van der Waals surface area (Å²) in [5.74, 6) is -0.727. The van der Waals surface area contributed by atoms with E-state index in [4.69, 9.17) is 20.8 Å². The van der Waals surface area contributed by atoms with Gasteiger partial charge < -0.3 is 14.5 Å². The third-order valence-corrected chi connectivity index (χ3v) is 6.13. The van der Waals surface area contributed by atoms with Crippen molar-refractivity contribution < 1.29 is 18.9 Å². The number of hydrogen-bond donors (Lipinski definition) is 1. The number of halogens is 1. The molecule has 0 aliphatic carbocycles. The number of fused-ring (bicyclic) bond motifs is 1. The lowest BCUT2D eigenvalue weighted by Gasteiger charge is -2.35. The molecular weight excluding hydrogens is 464 g/mol. The molecule has 0 saturated carbocycles. The zero-order valence-corrected chi connectivity index (χ0v) is 19.2. The van der Waals surface area contributed by atoms with Gasteiger partial charge in [0, 0.05) is 43.7 Å². The van der Waals surface area contributed by atoms with Gasteiger partial charge in [-0.25, -0.2) is 4.79 Å². The van der Waals surface area contributed by atoms with Crippen LogP contribution in [0.5, 0.6) is 0 Å². The molecule has 180 valence electrons. The van der Waals surface area contributed by atoms with Gasteiger partial charge in [0.25, 0.3) is 5.69 Å². The lowest BCUT2D eigenvalue weighted by atomic mass is 10.0. The van der Waals surface area contributed by atoms with E-state index in [1.54, 1.807) is 0 Å². The number of morpholine rings is 1. The molecule has 1 N–H and O–H groups in total. The molecule has 1 amide bonds. The Bertz CT molecular complexity index is 1220. The molecule has 1 atom stereocenters. The Balaban J connectivity index is 1.35. The van der Waals surface area contributed by atoms with Gasteiger partial charge in [-0.15, -0.1) is 0 Å². The van der Waals surface area contributed by atoms with Crippen molar-refractivity contribution in [1.29, 1.82) is 0 Å². The number of aryl methyl sites for hydroxylation is 1. The first-order chi connectivity index (χ1) is 16.4. The van der Waals surface area contributed by atoms with E-state index < -0.39 is 10.7 Å². The number of oxazole rings is 1. The van der Waals surface area contributed by atoms with Crippen molar-refractivity contribution in [2.75, 3.05) is 32.8 Å². The molecule has 1 aromatic heterocycles. The minimum Gasteiger partial charge on any atom is -0.407 e. The van der Waals surface area contributed by atoms with Gasteiger partial charge in [-0.05, 0) is 30.2 Å². The van der Waals surface area contributed by atoms with Crippen molar-refractivity contribution in [2.24, 2.45) is 0 Å². The van der Waals surface area contributed by atoms with E-state index in [1.165, 1.54) is 22.8 Å². The number of amides is 1. The lowest BCUT2D eigenvalue weighted by Crippen LogP contribution is -2.43. The fraction of sp³-hybridized carbons (Fsp3) is 0.391. The molecule has 1 saturated heterocycles. The highest BCUT2D eigenvalue weighted by Crippen LogP contribution is 2.23. The number of nitrogens with one attached hydrogen (secondary N) is 1. The highest BCUT2D eigenvalue weighted by atomic mass is 35.5. The lowest BCUT2D eigenvalue weighted by molar-refractivity contribution is -0.384. The number of rotatable bonds is 9. The second-order valence-corrected chi connectivity index (χ2v) is 8.49. The predicted molar refractivity (Wildman–Crippen MR) is 126 cm³/mol. The smallest absolute Gasteiger partial charge is 0.407 e. The summed E-state index contributed by atoms with van der Waals surface area (Å²) in [6.07, 6.45) is 0.642. The van der Waals surface area contributed by atoms with Crippen LogP contribution >= 0.6 is 11.6 Å². The molecule has 11 heteroatoms. The summed E-state index contributed by atoms with van der Waals surface area (Å²) >= 11 is 6.03. The molecule has 34 heavy (non-hydrogen) atoms. The van der Waals surface area contributed by atoms with Gasteiger partial charge in [-0.1, -0.05) is 23.7 Å². The van der Waals surface area contributed by atoms with Gasteiger partial charge in [0.2, 0.25) is 5.91 Å². The second kappa shape index (κ2) is 10.8. The highest BCUT2D eigenvalue weighted by molar-refractivity contribution is 6.30. The van der Waals surface area contributed by atoms with Crippen LogP contribution in [0.15, 0.2) is 51.7 Å². The van der Waals surface area contributed by atoms with Crippen LogP contribution in [0.3, 0.4) is 0 Å². The van der Waals surface area contributed by atoms with Crippen molar-refractivity contribution >= 4 is 34.3 Å². The van der Waals surface area contributed by atoms with Crippen LogP contribution in [0.1, 0.15) is 24.4 Å². The predicted octanol–water partition coefficient (Wildman–Crippen LogP) is 3.13. The quantitative estimate of drug-likeness (QED) is 0.363. The van der Waals surface area contributed by atoms with Crippen molar-refractivity contribution in [3.05, 3.63) is 73.7 Å². The van der Waals surface area contributed by atoms with Crippen LogP contribution in [0, 0.1) is 10.1 Å². The second-order valence-electron chi connectivity index (χ2n) is 8.05. The highest BCUT2D eigenvalue weighted by Gasteiger charge is 2.23. The number of nitrogens with zero attached hydrogens (tertiary/aromatic N) is 3. The normalized spacial score (nSPS) is 15.3. The van der Waals surface area contributed by atoms with E-state index in [9.17, 15) is 19.7 Å². The third kappa shape index (κ3) is 5.64. The molecule has 1 aliphatic rings. The van der Waals surface area contributed by atoms with Crippen LogP contribution < -0.4 is 11.1 Å². The Morgan fingerprint density at radius 1 is 1.18 bits per heavy atom. The van der Waals surface area contributed by atoms with Gasteiger partial charge in [-0.3, -0.25) is 24.4 Å². The Morgan fingerprint density at radius 3 is 2.62 bits per heavy atom. The van der Waals surface area contributed by atoms with E-state index in [0.717, 1.165) is 18.7 Å². The van der Waals surface area contributed by atoms with Crippen LogP contribution in [0.4, 0.5) is 5.69 Å². The molecule has 1 unspecified atom stereocenters. The minimum atomic E-state index is -0.606. The van der Waals surface area contributed by atoms with Crippen molar-refractivity contribution in [2.45, 2.75) is 25.4 Å². The molecule has 0 spiro atoms. The summed E-state index contributed by atoms with van der Waals surface area (Å²) in [5, 5.41) is 14.6. The maximum Gasteiger partial charge on any atom is 0.419 e. The Hall–Kier alpha value is -3.21. The number of benzene rings is 2. The van der Waals surface area contributed by atoms with E-state index in [0.29, 0.717) is 36.7 Å². The largest absolute Gasteiger partial charge is 0.419 e. The Labute approximate surface area is 200 Å². The number of non-ortho nitro benzene ring substituents is 1. The van der Waals surface area contributed by atoms with Gasteiger partial charge in [0.05, 0.1) is 35.8 Å². The summed E-state index contributed by atoms with van der Waals surface area (Å²) in [6, 6.07) is 11.6. The average Bonchev–Trinajstić information content (AvgIpc) is 3.15. The molecule has 2 aromatic carbocycles. The number of hydrogen-bond acceptors (Lipinski definition) is 7. The molecule has 10 nitrogen and oxygen atoms in total. The van der Waals surface area contributed by atoms with Crippen LogP contribution in [0.2, 0.25) is 5.02 Å². The Kier molecular flexibility index (Phi) is 7.61. The Morgan fingerprint density at radius 2 is 1.91 bits per heavy atom. The summed E-state index contributed by atoms with van der Waals surface area (Å²) in [6.45, 7) is 3.55. The minimum absolute atomic E-state index is 0.00124. The monoisotopic (exact) mass is 488 g/mol. The summed E-state index contributed by atoms with van der Waals surface area (Å²) in [5.41, 5.74) is 1.53. The van der Waals surface area contributed by atoms with Gasteiger partial charge >= 0.3 is 5.76 Å². The standard InChI is InChI=1S/C23H25ClN4O6/c24-17-5-3-16(4-6-17)20(26-10-12-33-13-11-26)15-25-22(29)2-1-9-27-19-8-7-18(28(31)32)14-21(19)34-23(27)30/h3-8,14,20H,1-2,9-13,15H2,(H,25,29). The number of nitro benzene ring substituents is 1. The number of ether oxygens (including phenoxy) is 1. The first-order valence-electron chi connectivity index (χ1n) is 11.0. The molecular formula is C23H25ClN4O6. The molecule has 0 radical (unpaired) electrons. The maximum absolute atomic E-state index is 12.6. The molecule has 3 aromatic rings. The van der Waals surface area contributed by atoms with Gasteiger partial charge in [0.15, 0.2) is 5.58 Å². The fourth-order valence-electron chi connectivity index (χ4n) is 4.11. The molecule has 1 aliphatic heterocycles. The summed E-state index contributed by atoms with van der Waals surface area (Å²) in [4.78, 5) is 37.4. The topological polar surface area (TPSA) is 120 Å². The molecule has 0 bridgehead atoms. The van der Waals surface area contributed by atoms with E-state index in [2.05, 4.69) is 10.2 Å². The zero-order valence-electron chi connectivity index (χ0n) is 18.4. The van der Waals surface area contributed by atoms with Crippen molar-refractivity contribution in [3.63, 3.8) is 0 Å². The average molecular weight is 489 g/mol. The zero-order chi connectivity index (χ0) is 24.1. The van der Waals surface area contributed by atoms with E-state index in [1.807, 2.05) is 24.3 Å². The number of aromatic nitrogens is 1. The first kappa shape index (κ1) is 23.9. The van der Waals surface area contributed by atoms with E-state index >= 15 is 0 Å². The van der Waals surface area contributed by atoms with Crippen molar-refractivity contribution in [3.8, 4) is 0 Å². The van der Waals surface area contributed by atoms with Crippen molar-refractivity contribution in [1.82, 2.24) is 14.8 Å². The van der Waals surface area contributed by atoms with Crippen LogP contribution in [-0.4, -0.2) is 53.1 Å². The summed E-state index contributed by atoms with van der Waals surface area (Å²) in [7, 11) is 0. The van der Waals surface area contributed by atoms with Crippen LogP contribution in [-0.2, 0) is 16.1 Å². The van der Waals surface area contributed by atoms with Crippen LogP contribution in [0.25, 0.3) is 11.1 Å². The number of carbonyl (C=O) groups excluding carboxylic acids is 1. The van der Waals surface area contributed by atoms with Gasteiger partial charge in [-0.2, -0.15) is 0 Å². The molecule has 2 heterocycles. The first-order valence-corrected chi connectivity index (χ1v) is 11.4. The summed E-state index contributed by atoms with van der Waals surface area (Å²) < 4.78 is 12.0. The fourth-order valence-corrected chi connectivity index (χ4v) is 4.23. The van der Waals surface area contributed by atoms with Gasteiger partial charge in [0.1, 0.15) is 0 Å². The molecule has 1 fully saturated rings. The third-order valence-electron chi connectivity index (χ3n) is 5.88. The number of carbonyl (C=O) groups is 1. The number of nitro groups is 1. The van der Waals surface area contributed by atoms with E-state index in [-0.39, 0.29) is 36.2 Å². The molecule has 4 rings (SSSR count).